The zero-order valence-corrected chi connectivity index (χ0v) is 22.5. The Kier molecular flexibility index (Phi) is 8.51. The number of sulfone groups is 1. The van der Waals surface area contributed by atoms with Gasteiger partial charge < -0.3 is 10.2 Å². The summed E-state index contributed by atoms with van der Waals surface area (Å²) in [5.74, 6) is 0.867. The number of pyridine rings is 1. The number of nitrogens with one attached hydrogen (secondary N) is 1. The minimum atomic E-state index is -2.86. The second-order valence-corrected chi connectivity index (χ2v) is 12.6. The summed E-state index contributed by atoms with van der Waals surface area (Å²) in [6, 6.07) is 24.9. The molecule has 1 aromatic heterocycles. The molecule has 2 aliphatic rings. The number of rotatable bonds is 9. The molecule has 8 heteroatoms. The largest absolute Gasteiger partial charge is 0.336 e. The predicted octanol–water partition coefficient (Wildman–Crippen LogP) is 3.41. The molecule has 0 spiro atoms. The van der Waals surface area contributed by atoms with E-state index in [-0.39, 0.29) is 23.9 Å². The average Bonchev–Trinajstić information content (AvgIpc) is 3.31. The number of hydrogen-bond acceptors (Lipinski definition) is 6. The first-order valence-electron chi connectivity index (χ1n) is 13.5. The van der Waals surface area contributed by atoms with Crippen molar-refractivity contribution in [2.75, 3.05) is 44.2 Å². The summed E-state index contributed by atoms with van der Waals surface area (Å²) in [5.41, 5.74) is 3.07. The number of hydrogen-bond donors (Lipinski definition) is 1. The number of benzene rings is 2. The van der Waals surface area contributed by atoms with Crippen molar-refractivity contribution in [2.24, 2.45) is 5.92 Å². The molecule has 2 unspecified atom stereocenters. The molecule has 2 fully saturated rings. The van der Waals surface area contributed by atoms with E-state index in [0.29, 0.717) is 36.7 Å². The molecule has 38 heavy (non-hydrogen) atoms. The molecule has 200 valence electrons. The van der Waals surface area contributed by atoms with Crippen molar-refractivity contribution in [3.8, 4) is 0 Å². The fraction of sp³-hybridized carbons (Fsp3) is 0.400. The van der Waals surface area contributed by atoms with Crippen LogP contribution in [-0.4, -0.2) is 79.4 Å². The quantitative estimate of drug-likeness (QED) is 0.426. The van der Waals surface area contributed by atoms with Crippen molar-refractivity contribution in [1.29, 1.82) is 0 Å². The minimum Gasteiger partial charge on any atom is -0.336 e. The molecule has 2 atom stereocenters. The van der Waals surface area contributed by atoms with Crippen LogP contribution in [0.15, 0.2) is 85.2 Å². The highest BCUT2D eigenvalue weighted by atomic mass is 32.2. The van der Waals surface area contributed by atoms with Crippen LogP contribution in [-0.2, 0) is 9.84 Å². The van der Waals surface area contributed by atoms with E-state index in [9.17, 15) is 13.2 Å². The van der Waals surface area contributed by atoms with Crippen molar-refractivity contribution >= 4 is 15.7 Å². The van der Waals surface area contributed by atoms with E-state index >= 15 is 0 Å². The van der Waals surface area contributed by atoms with Gasteiger partial charge in [-0.05, 0) is 48.6 Å². The summed E-state index contributed by atoms with van der Waals surface area (Å²) in [6.45, 7) is 3.47. The minimum absolute atomic E-state index is 0.00915. The Hall–Kier alpha value is -3.07. The van der Waals surface area contributed by atoms with Gasteiger partial charge in [0.2, 0.25) is 0 Å². The summed E-state index contributed by atoms with van der Waals surface area (Å²) < 4.78 is 23.7. The van der Waals surface area contributed by atoms with Gasteiger partial charge >= 0.3 is 0 Å². The van der Waals surface area contributed by atoms with Gasteiger partial charge in [0.15, 0.2) is 9.84 Å². The highest BCUT2D eigenvalue weighted by Gasteiger charge is 2.35. The van der Waals surface area contributed by atoms with Crippen molar-refractivity contribution in [1.82, 2.24) is 20.1 Å². The van der Waals surface area contributed by atoms with E-state index in [1.165, 1.54) is 11.1 Å². The van der Waals surface area contributed by atoms with Gasteiger partial charge in [0.25, 0.3) is 5.91 Å². The molecular weight excluding hydrogens is 496 g/mol. The van der Waals surface area contributed by atoms with E-state index < -0.39 is 9.84 Å². The van der Waals surface area contributed by atoms with Crippen LogP contribution in [0.4, 0.5) is 0 Å². The van der Waals surface area contributed by atoms with Crippen LogP contribution < -0.4 is 5.32 Å². The second-order valence-electron chi connectivity index (χ2n) is 10.4. The third kappa shape index (κ3) is 6.49. The average molecular weight is 533 g/mol. The third-order valence-electron chi connectivity index (χ3n) is 7.72. The van der Waals surface area contributed by atoms with E-state index in [1.807, 2.05) is 23.1 Å². The third-order valence-corrected chi connectivity index (χ3v) is 9.56. The van der Waals surface area contributed by atoms with Crippen LogP contribution in [0.5, 0.6) is 0 Å². The lowest BCUT2D eigenvalue weighted by Gasteiger charge is -2.46. The van der Waals surface area contributed by atoms with Gasteiger partial charge in [0.05, 0.1) is 23.1 Å². The Labute approximate surface area is 225 Å². The van der Waals surface area contributed by atoms with Crippen molar-refractivity contribution in [3.05, 3.63) is 102 Å². The maximum Gasteiger partial charge on any atom is 0.255 e. The fourth-order valence-electron chi connectivity index (χ4n) is 5.77. The monoisotopic (exact) mass is 532 g/mol. The van der Waals surface area contributed by atoms with E-state index in [2.05, 4.69) is 63.7 Å². The van der Waals surface area contributed by atoms with Gasteiger partial charge in [-0.1, -0.05) is 60.7 Å². The topological polar surface area (TPSA) is 82.6 Å². The van der Waals surface area contributed by atoms with E-state index in [0.717, 1.165) is 25.9 Å². The SMILES string of the molecule is O=C(c1cccnc1)N1CCN(C(c2ccccc2)c2ccccc2)C(CNCCC2CCS(=O)(=O)C2)C1. The number of aromatic nitrogens is 1. The smallest absolute Gasteiger partial charge is 0.255 e. The molecule has 2 saturated heterocycles. The number of piperazine rings is 1. The van der Waals surface area contributed by atoms with Crippen LogP contribution in [0.25, 0.3) is 0 Å². The van der Waals surface area contributed by atoms with E-state index in [4.69, 9.17) is 0 Å². The van der Waals surface area contributed by atoms with Crippen LogP contribution in [0.2, 0.25) is 0 Å². The standard InChI is InChI=1S/C30H36N4O3S/c35-30(27-12-7-15-31-20-27)33-17-18-34(28(22-33)21-32-16-13-24-14-19-38(36,37)23-24)29(25-8-3-1-4-9-25)26-10-5-2-6-11-26/h1-12,15,20,24,28-29,32H,13-14,16-19,21-23H2. The van der Waals surface area contributed by atoms with Gasteiger partial charge in [0.1, 0.15) is 0 Å². The van der Waals surface area contributed by atoms with Crippen molar-refractivity contribution in [2.45, 2.75) is 24.9 Å². The Morgan fingerprint density at radius 3 is 2.29 bits per heavy atom. The molecule has 3 heterocycles. The number of nitrogens with zero attached hydrogens (tertiary/aromatic N) is 3. The first-order valence-corrected chi connectivity index (χ1v) is 15.3. The zero-order valence-electron chi connectivity index (χ0n) is 21.7. The van der Waals surface area contributed by atoms with Crippen molar-refractivity contribution in [3.63, 3.8) is 0 Å². The molecule has 0 saturated carbocycles. The van der Waals surface area contributed by atoms with Crippen LogP contribution in [0, 0.1) is 5.92 Å². The number of carbonyl (C=O) groups excluding carboxylic acids is 1. The first-order chi connectivity index (χ1) is 18.5. The Morgan fingerprint density at radius 2 is 1.68 bits per heavy atom. The molecule has 2 aromatic carbocycles. The van der Waals surface area contributed by atoms with Gasteiger partial charge in [-0.15, -0.1) is 0 Å². The van der Waals surface area contributed by atoms with Gasteiger partial charge in [-0.2, -0.15) is 0 Å². The molecule has 0 aliphatic carbocycles. The van der Waals surface area contributed by atoms with E-state index in [1.54, 1.807) is 18.5 Å². The molecule has 0 radical (unpaired) electrons. The number of amides is 1. The maximum atomic E-state index is 13.3. The summed E-state index contributed by atoms with van der Waals surface area (Å²) in [4.78, 5) is 21.9. The van der Waals surface area contributed by atoms with Gasteiger partial charge in [-0.25, -0.2) is 8.42 Å². The first kappa shape index (κ1) is 26.5. The summed E-state index contributed by atoms with van der Waals surface area (Å²) in [5, 5.41) is 3.61. The molecule has 5 rings (SSSR count). The molecule has 2 aliphatic heterocycles. The van der Waals surface area contributed by atoms with Crippen LogP contribution in [0.3, 0.4) is 0 Å². The Morgan fingerprint density at radius 1 is 0.974 bits per heavy atom. The highest BCUT2D eigenvalue weighted by molar-refractivity contribution is 7.91. The summed E-state index contributed by atoms with van der Waals surface area (Å²) >= 11 is 0. The molecular formula is C30H36N4O3S. The Bertz CT molecular complexity index is 1250. The van der Waals surface area contributed by atoms with Crippen LogP contribution >= 0.6 is 0 Å². The zero-order chi connectivity index (χ0) is 26.4. The second kappa shape index (κ2) is 12.2. The lowest BCUT2D eigenvalue weighted by molar-refractivity contribution is 0.0384. The highest BCUT2D eigenvalue weighted by Crippen LogP contribution is 2.32. The predicted molar refractivity (Wildman–Crippen MR) is 150 cm³/mol. The van der Waals surface area contributed by atoms with Crippen LogP contribution in [0.1, 0.15) is 40.4 Å². The summed E-state index contributed by atoms with van der Waals surface area (Å²) in [6.07, 6.45) is 4.93. The lowest BCUT2D eigenvalue weighted by Crippen LogP contribution is -2.58. The fourth-order valence-corrected chi connectivity index (χ4v) is 7.68. The molecule has 1 amide bonds. The van der Waals surface area contributed by atoms with Crippen molar-refractivity contribution < 1.29 is 13.2 Å². The maximum absolute atomic E-state index is 13.3. The Balaban J connectivity index is 1.35. The lowest BCUT2D eigenvalue weighted by atomic mass is 9.94. The normalized spacial score (nSPS) is 21.6. The molecule has 0 bridgehead atoms. The molecule has 1 N–H and O–H groups in total. The number of carbonyl (C=O) groups is 1. The molecule has 7 nitrogen and oxygen atoms in total. The van der Waals surface area contributed by atoms with Gasteiger partial charge in [-0.3, -0.25) is 14.7 Å². The summed E-state index contributed by atoms with van der Waals surface area (Å²) in [7, 11) is -2.86. The van der Waals surface area contributed by atoms with Gasteiger partial charge in [0, 0.05) is 44.6 Å². The molecule has 3 aromatic rings.